The van der Waals surface area contributed by atoms with E-state index in [4.69, 9.17) is 4.74 Å². The lowest BCUT2D eigenvalue weighted by Crippen LogP contribution is -2.57. The van der Waals surface area contributed by atoms with Crippen LogP contribution in [0.4, 0.5) is 4.79 Å². The van der Waals surface area contributed by atoms with Crippen molar-refractivity contribution in [2.45, 2.75) is 90.3 Å². The average molecular weight is 424 g/mol. The SMILES string of the molecule is CCOC(=O)N1CCC2(CC(N3CCC(N(CC(O)(CC)CC)C(C)=O)CC3)C2)C1. The first kappa shape index (κ1) is 23.3. The van der Waals surface area contributed by atoms with Crippen LogP contribution >= 0.6 is 0 Å². The monoisotopic (exact) mass is 423 g/mol. The highest BCUT2D eigenvalue weighted by atomic mass is 16.6. The van der Waals surface area contributed by atoms with Crippen LogP contribution in [-0.2, 0) is 9.53 Å². The van der Waals surface area contributed by atoms with E-state index in [-0.39, 0.29) is 18.0 Å². The molecule has 1 spiro atoms. The average Bonchev–Trinajstić information content (AvgIpc) is 3.17. The quantitative estimate of drug-likeness (QED) is 0.682. The van der Waals surface area contributed by atoms with Gasteiger partial charge in [-0.05, 0) is 57.3 Å². The predicted octanol–water partition coefficient (Wildman–Crippen LogP) is 2.86. The van der Waals surface area contributed by atoms with Gasteiger partial charge in [0.25, 0.3) is 0 Å². The summed E-state index contributed by atoms with van der Waals surface area (Å²) in [4.78, 5) is 30.7. The number of nitrogens with zero attached hydrogens (tertiary/aromatic N) is 3. The van der Waals surface area contributed by atoms with Gasteiger partial charge in [-0.25, -0.2) is 4.79 Å². The van der Waals surface area contributed by atoms with E-state index in [2.05, 4.69) is 4.90 Å². The first-order valence-corrected chi connectivity index (χ1v) is 11.9. The van der Waals surface area contributed by atoms with Gasteiger partial charge in [-0.3, -0.25) is 4.79 Å². The molecule has 1 saturated carbocycles. The molecule has 7 heteroatoms. The van der Waals surface area contributed by atoms with Gasteiger partial charge in [-0.2, -0.15) is 0 Å². The molecule has 3 rings (SSSR count). The molecule has 172 valence electrons. The highest BCUT2D eigenvalue weighted by Crippen LogP contribution is 2.50. The number of carbonyl (C=O) groups excluding carboxylic acids is 2. The molecule has 0 aromatic heterocycles. The summed E-state index contributed by atoms with van der Waals surface area (Å²) in [5.74, 6) is 0.0707. The molecule has 2 amide bonds. The largest absolute Gasteiger partial charge is 0.450 e. The zero-order valence-electron chi connectivity index (χ0n) is 19.4. The predicted molar refractivity (Wildman–Crippen MR) is 116 cm³/mol. The Bertz CT molecular complexity index is 608. The van der Waals surface area contributed by atoms with Crippen molar-refractivity contribution in [1.82, 2.24) is 14.7 Å². The van der Waals surface area contributed by atoms with Gasteiger partial charge < -0.3 is 24.5 Å². The van der Waals surface area contributed by atoms with E-state index in [9.17, 15) is 14.7 Å². The molecule has 7 nitrogen and oxygen atoms in total. The van der Waals surface area contributed by atoms with E-state index in [1.165, 1.54) is 0 Å². The van der Waals surface area contributed by atoms with Crippen molar-refractivity contribution in [3.05, 3.63) is 0 Å². The van der Waals surface area contributed by atoms with Gasteiger partial charge in [-0.15, -0.1) is 0 Å². The molecule has 0 aromatic carbocycles. The normalized spacial score (nSPS) is 27.9. The zero-order chi connectivity index (χ0) is 21.9. The second kappa shape index (κ2) is 9.43. The molecule has 1 N–H and O–H groups in total. The standard InChI is InChI=1S/C23H41N3O4/c1-5-23(29,6-2)17-26(18(4)27)19-8-11-24(12-9-19)20-14-22(15-20)10-13-25(16-22)21(28)30-7-3/h19-20,29H,5-17H2,1-4H3. The molecule has 2 saturated heterocycles. The molecular weight excluding hydrogens is 382 g/mol. The van der Waals surface area contributed by atoms with Crippen molar-refractivity contribution in [2.75, 3.05) is 39.3 Å². The Balaban J connectivity index is 1.47. The number of carbonyl (C=O) groups is 2. The smallest absolute Gasteiger partial charge is 0.409 e. The van der Waals surface area contributed by atoms with Crippen molar-refractivity contribution in [2.24, 2.45) is 5.41 Å². The summed E-state index contributed by atoms with van der Waals surface area (Å²) in [6.07, 6.45) is 6.53. The number of piperidine rings is 1. The third kappa shape index (κ3) is 4.93. The first-order chi connectivity index (χ1) is 14.2. The highest BCUT2D eigenvalue weighted by molar-refractivity contribution is 5.73. The summed E-state index contributed by atoms with van der Waals surface area (Å²) >= 11 is 0. The van der Waals surface area contributed by atoms with Crippen LogP contribution in [-0.4, -0.2) is 88.8 Å². The van der Waals surface area contributed by atoms with Crippen molar-refractivity contribution in [3.8, 4) is 0 Å². The third-order valence-corrected chi connectivity index (χ3v) is 7.94. The van der Waals surface area contributed by atoms with Crippen LogP contribution in [0, 0.1) is 5.41 Å². The van der Waals surface area contributed by atoms with Crippen LogP contribution in [0.15, 0.2) is 0 Å². The molecule has 2 heterocycles. The van der Waals surface area contributed by atoms with Gasteiger partial charge in [0.2, 0.25) is 5.91 Å². The van der Waals surface area contributed by atoms with Gasteiger partial charge in [0.05, 0.1) is 12.2 Å². The molecule has 1 aliphatic carbocycles. The van der Waals surface area contributed by atoms with Crippen molar-refractivity contribution >= 4 is 12.0 Å². The molecule has 2 aliphatic heterocycles. The van der Waals surface area contributed by atoms with Crippen molar-refractivity contribution < 1.29 is 19.4 Å². The molecule has 0 unspecified atom stereocenters. The number of aliphatic hydroxyl groups is 1. The van der Waals surface area contributed by atoms with Crippen LogP contribution in [0.1, 0.15) is 72.6 Å². The van der Waals surface area contributed by atoms with Crippen molar-refractivity contribution in [1.29, 1.82) is 0 Å². The zero-order valence-corrected chi connectivity index (χ0v) is 19.4. The van der Waals surface area contributed by atoms with E-state index in [1.807, 2.05) is 30.6 Å². The Labute approximate surface area is 181 Å². The lowest BCUT2D eigenvalue weighted by molar-refractivity contribution is -0.137. The Kier molecular flexibility index (Phi) is 7.33. The van der Waals surface area contributed by atoms with E-state index < -0.39 is 5.60 Å². The van der Waals surface area contributed by atoms with Crippen LogP contribution < -0.4 is 0 Å². The molecule has 0 radical (unpaired) electrons. The maximum atomic E-state index is 12.3. The summed E-state index contributed by atoms with van der Waals surface area (Å²) in [5.41, 5.74) is -0.491. The molecule has 0 bridgehead atoms. The van der Waals surface area contributed by atoms with Gasteiger partial charge in [-0.1, -0.05) is 13.8 Å². The Morgan fingerprint density at radius 3 is 2.30 bits per heavy atom. The lowest BCUT2D eigenvalue weighted by Gasteiger charge is -2.52. The molecule has 30 heavy (non-hydrogen) atoms. The summed E-state index contributed by atoms with van der Waals surface area (Å²) in [7, 11) is 0. The molecule has 3 aliphatic rings. The fourth-order valence-electron chi connectivity index (χ4n) is 5.69. The summed E-state index contributed by atoms with van der Waals surface area (Å²) in [6.45, 7) is 12.0. The Morgan fingerprint density at radius 1 is 1.13 bits per heavy atom. The van der Waals surface area contributed by atoms with Gasteiger partial charge in [0.15, 0.2) is 0 Å². The van der Waals surface area contributed by atoms with Crippen LogP contribution in [0.3, 0.4) is 0 Å². The minimum absolute atomic E-state index is 0.0707. The van der Waals surface area contributed by atoms with Gasteiger partial charge >= 0.3 is 6.09 Å². The fourth-order valence-corrected chi connectivity index (χ4v) is 5.69. The second-order valence-electron chi connectivity index (χ2n) is 9.78. The maximum absolute atomic E-state index is 12.3. The van der Waals surface area contributed by atoms with Crippen molar-refractivity contribution in [3.63, 3.8) is 0 Å². The third-order valence-electron chi connectivity index (χ3n) is 7.94. The number of hydrogen-bond acceptors (Lipinski definition) is 5. The first-order valence-electron chi connectivity index (χ1n) is 11.9. The minimum Gasteiger partial charge on any atom is -0.450 e. The highest BCUT2D eigenvalue weighted by Gasteiger charge is 2.51. The van der Waals surface area contributed by atoms with E-state index >= 15 is 0 Å². The fraction of sp³-hybridized carbons (Fsp3) is 0.913. The summed E-state index contributed by atoms with van der Waals surface area (Å²) in [6, 6.07) is 0.824. The number of hydrogen-bond donors (Lipinski definition) is 1. The van der Waals surface area contributed by atoms with E-state index in [1.54, 1.807) is 6.92 Å². The van der Waals surface area contributed by atoms with Crippen LogP contribution in [0.2, 0.25) is 0 Å². The maximum Gasteiger partial charge on any atom is 0.409 e. The second-order valence-corrected chi connectivity index (χ2v) is 9.78. The number of likely N-dealkylation sites (tertiary alicyclic amines) is 2. The van der Waals surface area contributed by atoms with Gasteiger partial charge in [0, 0.05) is 51.7 Å². The number of ether oxygens (including phenoxy) is 1. The Morgan fingerprint density at radius 2 is 1.77 bits per heavy atom. The molecular formula is C23H41N3O4. The molecule has 3 fully saturated rings. The lowest BCUT2D eigenvalue weighted by atomic mass is 9.64. The minimum atomic E-state index is -0.781. The van der Waals surface area contributed by atoms with Crippen LogP contribution in [0.5, 0.6) is 0 Å². The van der Waals surface area contributed by atoms with Gasteiger partial charge in [0.1, 0.15) is 0 Å². The number of amides is 2. The molecule has 0 atom stereocenters. The number of rotatable bonds is 7. The summed E-state index contributed by atoms with van der Waals surface area (Å²) < 4.78 is 5.16. The van der Waals surface area contributed by atoms with E-state index in [0.717, 1.165) is 58.3 Å². The Hall–Kier alpha value is -1.34. The molecule has 0 aromatic rings. The topological polar surface area (TPSA) is 73.3 Å². The summed E-state index contributed by atoms with van der Waals surface area (Å²) in [5, 5.41) is 10.7. The van der Waals surface area contributed by atoms with Crippen LogP contribution in [0.25, 0.3) is 0 Å². The van der Waals surface area contributed by atoms with E-state index in [0.29, 0.717) is 37.5 Å².